The molecular weight excluding hydrogens is 243 g/mol. The molecule has 18 heavy (non-hydrogen) atoms. The van der Waals surface area contributed by atoms with Crippen molar-refractivity contribution in [3.63, 3.8) is 0 Å². The van der Waals surface area contributed by atoms with Gasteiger partial charge in [0.15, 0.2) is 0 Å². The molecular formula is C13H17NaO4. The number of methoxy groups -OCH3 is 1. The summed E-state index contributed by atoms with van der Waals surface area (Å²) in [5.41, 5.74) is 1.16. The average Bonchev–Trinajstić information content (AvgIpc) is 2.35. The van der Waals surface area contributed by atoms with Crippen LogP contribution in [0, 0.1) is 0 Å². The number of benzene rings is 1. The number of rotatable bonds is 7. The van der Waals surface area contributed by atoms with Gasteiger partial charge in [-0.2, -0.15) is 0 Å². The first-order valence-corrected chi connectivity index (χ1v) is 5.52. The molecule has 0 saturated carbocycles. The van der Waals surface area contributed by atoms with Crippen molar-refractivity contribution in [1.29, 1.82) is 0 Å². The molecule has 0 heterocycles. The van der Waals surface area contributed by atoms with Gasteiger partial charge < -0.3 is 9.84 Å². The molecule has 0 amide bonds. The van der Waals surface area contributed by atoms with Crippen LogP contribution in [-0.4, -0.2) is 53.5 Å². The second kappa shape index (κ2) is 9.14. The average molecular weight is 260 g/mol. The van der Waals surface area contributed by atoms with E-state index in [4.69, 9.17) is 9.84 Å². The minimum atomic E-state index is -1.34. The predicted molar refractivity (Wildman–Crippen MR) is 70.3 cm³/mol. The van der Waals surface area contributed by atoms with Crippen molar-refractivity contribution in [2.45, 2.75) is 25.7 Å². The molecule has 5 heteroatoms. The van der Waals surface area contributed by atoms with E-state index in [0.717, 1.165) is 24.2 Å². The normalized spacial score (nSPS) is 9.39. The van der Waals surface area contributed by atoms with E-state index in [1.54, 1.807) is 7.11 Å². The fraction of sp³-hybridized carbons (Fsp3) is 0.385. The van der Waals surface area contributed by atoms with Gasteiger partial charge in [-0.25, -0.2) is 4.79 Å². The van der Waals surface area contributed by atoms with Gasteiger partial charge in [-0.05, 0) is 37.0 Å². The van der Waals surface area contributed by atoms with E-state index in [2.05, 4.69) is 0 Å². The zero-order valence-corrected chi connectivity index (χ0v) is 9.81. The predicted octanol–water partition coefficient (Wildman–Crippen LogP) is 1.41. The number of aliphatic carboxylic acids is 1. The number of hydrogen-bond acceptors (Lipinski definition) is 3. The SMILES string of the molecule is COc1ccc(CCCCC(=O)C(=O)O)cc1.[NaH]. The summed E-state index contributed by atoms with van der Waals surface area (Å²) in [5.74, 6) is -1.23. The van der Waals surface area contributed by atoms with Crippen molar-refractivity contribution in [2.75, 3.05) is 7.11 Å². The summed E-state index contributed by atoms with van der Waals surface area (Å²) in [7, 11) is 1.62. The third kappa shape index (κ3) is 6.19. The van der Waals surface area contributed by atoms with Crippen LogP contribution in [0.4, 0.5) is 0 Å². The van der Waals surface area contributed by atoms with Crippen LogP contribution < -0.4 is 4.74 Å². The van der Waals surface area contributed by atoms with Crippen LogP contribution in [0.3, 0.4) is 0 Å². The van der Waals surface area contributed by atoms with Crippen molar-refractivity contribution in [2.24, 2.45) is 0 Å². The number of ether oxygens (including phenoxy) is 1. The second-order valence-electron chi connectivity index (χ2n) is 3.78. The molecule has 0 spiro atoms. The van der Waals surface area contributed by atoms with Crippen LogP contribution in [0.5, 0.6) is 5.75 Å². The van der Waals surface area contributed by atoms with Crippen LogP contribution in [0.15, 0.2) is 24.3 Å². The number of aryl methyl sites for hydroxylation is 1. The molecule has 94 valence electrons. The van der Waals surface area contributed by atoms with Crippen molar-refractivity contribution < 1.29 is 19.4 Å². The van der Waals surface area contributed by atoms with E-state index < -0.39 is 11.8 Å². The van der Waals surface area contributed by atoms with Crippen LogP contribution in [0.1, 0.15) is 24.8 Å². The third-order valence-corrected chi connectivity index (χ3v) is 2.52. The Kier molecular flexibility index (Phi) is 8.71. The summed E-state index contributed by atoms with van der Waals surface area (Å²) in [6.45, 7) is 0. The number of carbonyl (C=O) groups is 2. The molecule has 1 aromatic rings. The van der Waals surface area contributed by atoms with Crippen molar-refractivity contribution in [3.8, 4) is 5.75 Å². The minimum absolute atomic E-state index is 0. The van der Waals surface area contributed by atoms with Gasteiger partial charge in [0, 0.05) is 6.42 Å². The van der Waals surface area contributed by atoms with E-state index in [-0.39, 0.29) is 36.0 Å². The van der Waals surface area contributed by atoms with Crippen LogP contribution >= 0.6 is 0 Å². The Labute approximate surface area is 129 Å². The van der Waals surface area contributed by atoms with Crippen molar-refractivity contribution in [3.05, 3.63) is 29.8 Å². The molecule has 1 aromatic carbocycles. The number of carboxylic acid groups (broad SMARTS) is 1. The van der Waals surface area contributed by atoms with Crippen LogP contribution in [0.2, 0.25) is 0 Å². The maximum absolute atomic E-state index is 10.8. The third-order valence-electron chi connectivity index (χ3n) is 2.52. The monoisotopic (exact) mass is 260 g/mol. The summed E-state index contributed by atoms with van der Waals surface area (Å²) in [4.78, 5) is 21.1. The summed E-state index contributed by atoms with van der Waals surface area (Å²) >= 11 is 0. The first-order chi connectivity index (χ1) is 8.13. The molecule has 4 nitrogen and oxygen atoms in total. The fourth-order valence-electron chi connectivity index (χ4n) is 1.51. The van der Waals surface area contributed by atoms with E-state index in [0.29, 0.717) is 6.42 Å². The maximum atomic E-state index is 10.8. The Morgan fingerprint density at radius 2 is 1.78 bits per heavy atom. The van der Waals surface area contributed by atoms with Gasteiger partial charge in [0.1, 0.15) is 5.75 Å². The van der Waals surface area contributed by atoms with E-state index >= 15 is 0 Å². The van der Waals surface area contributed by atoms with Crippen molar-refractivity contribution in [1.82, 2.24) is 0 Å². The van der Waals surface area contributed by atoms with Gasteiger partial charge in [0.25, 0.3) is 0 Å². The molecule has 0 saturated heterocycles. The van der Waals surface area contributed by atoms with Crippen molar-refractivity contribution >= 4 is 41.3 Å². The van der Waals surface area contributed by atoms with Crippen LogP contribution in [-0.2, 0) is 16.0 Å². The Hall–Kier alpha value is -0.840. The van der Waals surface area contributed by atoms with Gasteiger partial charge in [0.05, 0.1) is 7.11 Å². The first kappa shape index (κ1) is 17.2. The van der Waals surface area contributed by atoms with Crippen LogP contribution in [0.25, 0.3) is 0 Å². The summed E-state index contributed by atoms with van der Waals surface area (Å²) in [6.07, 6.45) is 2.38. The molecule has 0 aliphatic rings. The molecule has 1 N–H and O–H groups in total. The Morgan fingerprint density at radius 1 is 1.17 bits per heavy atom. The molecule has 0 aliphatic carbocycles. The summed E-state index contributed by atoms with van der Waals surface area (Å²) in [5, 5.41) is 8.39. The molecule has 0 radical (unpaired) electrons. The summed E-state index contributed by atoms with van der Waals surface area (Å²) in [6, 6.07) is 7.71. The standard InChI is InChI=1S/C13H16O4.Na.H/c1-17-11-8-6-10(7-9-11)4-2-3-5-12(14)13(15)16;;/h6-9H,2-5H2,1H3,(H,15,16);;. The number of Topliss-reactive ketones (excluding diaryl/α,β-unsaturated/α-hetero) is 1. The Balaban J connectivity index is 0.00000289. The topological polar surface area (TPSA) is 63.6 Å². The first-order valence-electron chi connectivity index (χ1n) is 5.52. The number of carbonyl (C=O) groups excluding carboxylic acids is 1. The fourth-order valence-corrected chi connectivity index (χ4v) is 1.51. The van der Waals surface area contributed by atoms with Gasteiger partial charge >= 0.3 is 35.5 Å². The Morgan fingerprint density at radius 3 is 2.28 bits per heavy atom. The molecule has 0 unspecified atom stereocenters. The molecule has 0 aromatic heterocycles. The zero-order valence-electron chi connectivity index (χ0n) is 9.81. The molecule has 0 atom stereocenters. The number of ketones is 1. The summed E-state index contributed by atoms with van der Waals surface area (Å²) < 4.78 is 5.04. The second-order valence-corrected chi connectivity index (χ2v) is 3.78. The molecule has 0 aliphatic heterocycles. The molecule has 0 fully saturated rings. The van der Waals surface area contributed by atoms with E-state index in [1.807, 2.05) is 24.3 Å². The quantitative estimate of drug-likeness (QED) is 0.457. The van der Waals surface area contributed by atoms with E-state index in [1.165, 1.54) is 0 Å². The van der Waals surface area contributed by atoms with Gasteiger partial charge in [-0.15, -0.1) is 0 Å². The molecule has 1 rings (SSSR count). The van der Waals surface area contributed by atoms with E-state index in [9.17, 15) is 9.59 Å². The number of unbranched alkanes of at least 4 members (excludes halogenated alkanes) is 1. The zero-order chi connectivity index (χ0) is 12.7. The van der Waals surface area contributed by atoms with Gasteiger partial charge in [-0.3, -0.25) is 4.79 Å². The number of hydrogen-bond donors (Lipinski definition) is 1. The van der Waals surface area contributed by atoms with Gasteiger partial charge in [0.2, 0.25) is 5.78 Å². The number of carboxylic acids is 1. The molecule has 0 bridgehead atoms. The van der Waals surface area contributed by atoms with Gasteiger partial charge in [-0.1, -0.05) is 12.1 Å². The Bertz CT molecular complexity index is 386.